The molecule has 4 nitrogen and oxygen atoms in total. The second-order valence-corrected chi connectivity index (χ2v) is 5.55. The summed E-state index contributed by atoms with van der Waals surface area (Å²) >= 11 is 0. The van der Waals surface area contributed by atoms with Crippen LogP contribution < -0.4 is 5.32 Å². The van der Waals surface area contributed by atoms with Gasteiger partial charge in [0, 0.05) is 36.3 Å². The molecule has 1 aromatic carbocycles. The third kappa shape index (κ3) is 4.24. The highest BCUT2D eigenvalue weighted by atomic mass is 19.4. The fraction of sp³-hybridized carbons (Fsp3) is 0.105. The fourth-order valence-electron chi connectivity index (χ4n) is 2.31. The molecule has 0 bridgehead atoms. The molecule has 1 amide bonds. The number of nitrogens with zero attached hydrogens (tertiary/aromatic N) is 2. The van der Waals surface area contributed by atoms with Gasteiger partial charge in [-0.05, 0) is 48.0 Å². The van der Waals surface area contributed by atoms with Crippen LogP contribution in [0.25, 0.3) is 11.3 Å². The van der Waals surface area contributed by atoms with Gasteiger partial charge in [0.25, 0.3) is 5.91 Å². The van der Waals surface area contributed by atoms with Crippen molar-refractivity contribution in [3.05, 3.63) is 83.8 Å². The van der Waals surface area contributed by atoms with Crippen molar-refractivity contribution in [1.29, 1.82) is 0 Å². The lowest BCUT2D eigenvalue weighted by atomic mass is 10.1. The average Bonchev–Trinajstić information content (AvgIpc) is 2.66. The lowest BCUT2D eigenvalue weighted by Gasteiger charge is -2.09. The first-order chi connectivity index (χ1) is 12.4. The van der Waals surface area contributed by atoms with Gasteiger partial charge in [-0.3, -0.25) is 14.8 Å². The highest BCUT2D eigenvalue weighted by Gasteiger charge is 2.30. The van der Waals surface area contributed by atoms with Crippen LogP contribution in [0.5, 0.6) is 0 Å². The standard InChI is InChI=1S/C19H14F3N3O/c20-19(21,22)16-6-4-14(5-7-16)18(26)25-11-13-3-8-17(24-10-13)15-2-1-9-23-12-15/h1-10,12H,11H2,(H,25,26). The number of aromatic nitrogens is 2. The maximum Gasteiger partial charge on any atom is 0.416 e. The number of carbonyl (C=O) groups excluding carboxylic acids is 1. The number of hydrogen-bond acceptors (Lipinski definition) is 3. The van der Waals surface area contributed by atoms with Crippen LogP contribution in [0.2, 0.25) is 0 Å². The highest BCUT2D eigenvalue weighted by molar-refractivity contribution is 5.94. The highest BCUT2D eigenvalue weighted by Crippen LogP contribution is 2.29. The quantitative estimate of drug-likeness (QED) is 0.765. The normalized spacial score (nSPS) is 11.2. The number of carbonyl (C=O) groups is 1. The van der Waals surface area contributed by atoms with E-state index in [1.807, 2.05) is 24.3 Å². The Morgan fingerprint density at radius 1 is 1.00 bits per heavy atom. The predicted molar refractivity (Wildman–Crippen MR) is 90.1 cm³/mol. The molecule has 0 saturated carbocycles. The first-order valence-corrected chi connectivity index (χ1v) is 7.74. The molecule has 0 fully saturated rings. The van der Waals surface area contributed by atoms with Crippen LogP contribution in [0, 0.1) is 0 Å². The van der Waals surface area contributed by atoms with Crippen molar-refractivity contribution in [1.82, 2.24) is 15.3 Å². The maximum absolute atomic E-state index is 12.5. The lowest BCUT2D eigenvalue weighted by Crippen LogP contribution is -2.23. The summed E-state index contributed by atoms with van der Waals surface area (Å²) in [6, 6.07) is 11.4. The van der Waals surface area contributed by atoms with Crippen molar-refractivity contribution in [2.45, 2.75) is 12.7 Å². The molecule has 0 aliphatic rings. The van der Waals surface area contributed by atoms with E-state index in [4.69, 9.17) is 0 Å². The van der Waals surface area contributed by atoms with E-state index in [-0.39, 0.29) is 12.1 Å². The summed E-state index contributed by atoms with van der Waals surface area (Å²) in [4.78, 5) is 20.4. The minimum Gasteiger partial charge on any atom is -0.348 e. The summed E-state index contributed by atoms with van der Waals surface area (Å²) in [5.41, 5.74) is 1.80. The van der Waals surface area contributed by atoms with Crippen molar-refractivity contribution in [2.24, 2.45) is 0 Å². The van der Waals surface area contributed by atoms with Gasteiger partial charge in [0.15, 0.2) is 0 Å². The Labute approximate surface area is 147 Å². The lowest BCUT2D eigenvalue weighted by molar-refractivity contribution is -0.137. The Hall–Kier alpha value is -3.22. The first-order valence-electron chi connectivity index (χ1n) is 7.74. The summed E-state index contributed by atoms with van der Waals surface area (Å²) in [5.74, 6) is -0.449. The summed E-state index contributed by atoms with van der Waals surface area (Å²) in [7, 11) is 0. The molecule has 0 radical (unpaired) electrons. The number of benzene rings is 1. The van der Waals surface area contributed by atoms with E-state index in [9.17, 15) is 18.0 Å². The Bertz CT molecular complexity index is 877. The number of amides is 1. The molecule has 0 unspecified atom stereocenters. The van der Waals surface area contributed by atoms with Crippen molar-refractivity contribution in [2.75, 3.05) is 0 Å². The maximum atomic E-state index is 12.5. The van der Waals surface area contributed by atoms with Crippen LogP contribution in [0.1, 0.15) is 21.5 Å². The van der Waals surface area contributed by atoms with E-state index in [1.54, 1.807) is 18.6 Å². The molecule has 0 aliphatic heterocycles. The molecule has 132 valence electrons. The number of alkyl halides is 3. The second-order valence-electron chi connectivity index (χ2n) is 5.55. The third-order valence-corrected chi connectivity index (χ3v) is 3.71. The average molecular weight is 357 g/mol. The third-order valence-electron chi connectivity index (χ3n) is 3.71. The number of pyridine rings is 2. The monoisotopic (exact) mass is 357 g/mol. The summed E-state index contributed by atoms with van der Waals surface area (Å²) in [6.45, 7) is 0.222. The van der Waals surface area contributed by atoms with Gasteiger partial charge in [0.05, 0.1) is 11.3 Å². The topological polar surface area (TPSA) is 54.9 Å². The molecule has 2 aromatic heterocycles. The molecule has 3 rings (SSSR count). The van der Waals surface area contributed by atoms with Crippen LogP contribution in [-0.4, -0.2) is 15.9 Å². The van der Waals surface area contributed by atoms with Crippen LogP contribution in [-0.2, 0) is 12.7 Å². The zero-order valence-corrected chi connectivity index (χ0v) is 13.5. The Morgan fingerprint density at radius 2 is 1.77 bits per heavy atom. The Kier molecular flexibility index (Phi) is 4.97. The van der Waals surface area contributed by atoms with Gasteiger partial charge in [-0.1, -0.05) is 6.07 Å². The molecular weight excluding hydrogens is 343 g/mol. The van der Waals surface area contributed by atoms with Crippen LogP contribution in [0.4, 0.5) is 13.2 Å². The number of hydrogen-bond donors (Lipinski definition) is 1. The van der Waals surface area contributed by atoms with E-state index in [1.165, 1.54) is 0 Å². The minimum atomic E-state index is -4.42. The minimum absolute atomic E-state index is 0.165. The van der Waals surface area contributed by atoms with Crippen molar-refractivity contribution in [3.8, 4) is 11.3 Å². The molecule has 3 aromatic rings. The van der Waals surface area contributed by atoms with E-state index in [0.29, 0.717) is 0 Å². The van der Waals surface area contributed by atoms with Gasteiger partial charge >= 0.3 is 6.18 Å². The van der Waals surface area contributed by atoms with Gasteiger partial charge in [-0.2, -0.15) is 13.2 Å². The van der Waals surface area contributed by atoms with Gasteiger partial charge in [-0.15, -0.1) is 0 Å². The molecule has 0 aliphatic carbocycles. The van der Waals surface area contributed by atoms with E-state index in [0.717, 1.165) is 41.1 Å². The zero-order chi connectivity index (χ0) is 18.6. The van der Waals surface area contributed by atoms with Gasteiger partial charge < -0.3 is 5.32 Å². The van der Waals surface area contributed by atoms with Gasteiger partial charge in [0.2, 0.25) is 0 Å². The largest absolute Gasteiger partial charge is 0.416 e. The molecule has 0 saturated heterocycles. The molecule has 26 heavy (non-hydrogen) atoms. The van der Waals surface area contributed by atoms with Crippen molar-refractivity contribution in [3.63, 3.8) is 0 Å². The summed E-state index contributed by atoms with van der Waals surface area (Å²) in [5, 5.41) is 2.66. The smallest absolute Gasteiger partial charge is 0.348 e. The molecule has 0 spiro atoms. The van der Waals surface area contributed by atoms with E-state index in [2.05, 4.69) is 15.3 Å². The summed E-state index contributed by atoms with van der Waals surface area (Å²) in [6.07, 6.45) is 0.592. The van der Waals surface area contributed by atoms with Crippen molar-refractivity contribution >= 4 is 5.91 Å². The predicted octanol–water partition coefficient (Wildman–Crippen LogP) is 4.09. The number of halogens is 3. The summed E-state index contributed by atoms with van der Waals surface area (Å²) < 4.78 is 37.6. The number of rotatable bonds is 4. The second kappa shape index (κ2) is 7.35. The molecule has 0 atom stereocenters. The molecule has 2 heterocycles. The van der Waals surface area contributed by atoms with Crippen LogP contribution in [0.15, 0.2) is 67.1 Å². The number of nitrogens with one attached hydrogen (secondary N) is 1. The Morgan fingerprint density at radius 3 is 2.35 bits per heavy atom. The van der Waals surface area contributed by atoms with E-state index < -0.39 is 17.6 Å². The first kappa shape index (κ1) is 17.6. The van der Waals surface area contributed by atoms with Crippen molar-refractivity contribution < 1.29 is 18.0 Å². The zero-order valence-electron chi connectivity index (χ0n) is 13.5. The SMILES string of the molecule is O=C(NCc1ccc(-c2cccnc2)nc1)c1ccc(C(F)(F)F)cc1. The van der Waals surface area contributed by atoms with Crippen LogP contribution >= 0.6 is 0 Å². The Balaban J connectivity index is 1.61. The molecule has 7 heteroatoms. The van der Waals surface area contributed by atoms with Gasteiger partial charge in [-0.25, -0.2) is 0 Å². The van der Waals surface area contributed by atoms with Crippen LogP contribution in [0.3, 0.4) is 0 Å². The molecular formula is C19H14F3N3O. The van der Waals surface area contributed by atoms with E-state index >= 15 is 0 Å². The fourth-order valence-corrected chi connectivity index (χ4v) is 2.31. The molecule has 1 N–H and O–H groups in total. The van der Waals surface area contributed by atoms with Gasteiger partial charge in [0.1, 0.15) is 0 Å².